The van der Waals surface area contributed by atoms with Gasteiger partial charge in [-0.2, -0.15) is 0 Å². The van der Waals surface area contributed by atoms with Crippen LogP contribution in [0.15, 0.2) is 39.6 Å². The fourth-order valence-electron chi connectivity index (χ4n) is 3.67. The Hall–Kier alpha value is -2.43. The fraction of sp³-hybridized carbons (Fsp3) is 0.607. The Bertz CT molecular complexity index is 897. The van der Waals surface area contributed by atoms with Crippen LogP contribution in [0.4, 0.5) is 0 Å². The molecule has 0 N–H and O–H groups in total. The molecular formula is C28H42O5. The molecule has 184 valence electrons. The molecule has 0 unspecified atom stereocenters. The number of hydrogen-bond acceptors (Lipinski definition) is 5. The van der Waals surface area contributed by atoms with Crippen LogP contribution in [-0.2, 0) is 0 Å². The third-order valence-electron chi connectivity index (χ3n) is 5.34. The van der Waals surface area contributed by atoms with E-state index in [9.17, 15) is 4.79 Å². The van der Waals surface area contributed by atoms with Gasteiger partial charge in [0.25, 0.3) is 0 Å². The second-order valence-electron chi connectivity index (χ2n) is 8.71. The van der Waals surface area contributed by atoms with Gasteiger partial charge in [-0.15, -0.1) is 0 Å². The summed E-state index contributed by atoms with van der Waals surface area (Å²) >= 11 is 0. The van der Waals surface area contributed by atoms with Gasteiger partial charge in [-0.05, 0) is 45.2 Å². The molecule has 0 aliphatic heterocycles. The van der Waals surface area contributed by atoms with Gasteiger partial charge >= 0.3 is 5.63 Å². The van der Waals surface area contributed by atoms with E-state index < -0.39 is 5.63 Å². The van der Waals surface area contributed by atoms with E-state index in [2.05, 4.69) is 26.0 Å². The number of unbranched alkanes of at least 4 members (excludes halogenated alkanes) is 7. The van der Waals surface area contributed by atoms with E-state index in [1.807, 2.05) is 26.0 Å². The van der Waals surface area contributed by atoms with Crippen LogP contribution >= 0.6 is 0 Å². The Morgan fingerprint density at radius 1 is 0.879 bits per heavy atom. The van der Waals surface area contributed by atoms with Gasteiger partial charge in [-0.25, -0.2) is 4.79 Å². The van der Waals surface area contributed by atoms with Crippen molar-refractivity contribution in [2.75, 3.05) is 13.2 Å². The van der Waals surface area contributed by atoms with E-state index in [1.54, 1.807) is 6.07 Å². The molecule has 0 aliphatic carbocycles. The average molecular weight is 459 g/mol. The van der Waals surface area contributed by atoms with Crippen molar-refractivity contribution >= 4 is 11.0 Å². The predicted octanol–water partition coefficient (Wildman–Crippen LogP) is 7.83. The molecule has 0 amide bonds. The van der Waals surface area contributed by atoms with Crippen LogP contribution in [0.5, 0.6) is 17.2 Å². The van der Waals surface area contributed by atoms with Crippen molar-refractivity contribution in [2.24, 2.45) is 0 Å². The summed E-state index contributed by atoms with van der Waals surface area (Å²) in [6, 6.07) is 5.48. The van der Waals surface area contributed by atoms with Gasteiger partial charge in [0, 0.05) is 6.07 Å². The third-order valence-corrected chi connectivity index (χ3v) is 5.34. The minimum absolute atomic E-state index is 0.0319. The molecule has 1 aromatic carbocycles. The fourth-order valence-corrected chi connectivity index (χ4v) is 3.67. The van der Waals surface area contributed by atoms with Gasteiger partial charge in [0.05, 0.1) is 24.7 Å². The number of ether oxygens (including phenoxy) is 3. The Morgan fingerprint density at radius 2 is 1.58 bits per heavy atom. The maximum Gasteiger partial charge on any atom is 0.383 e. The Balaban J connectivity index is 2.08. The zero-order chi connectivity index (χ0) is 23.9. The van der Waals surface area contributed by atoms with Gasteiger partial charge in [0.2, 0.25) is 5.75 Å². The zero-order valence-corrected chi connectivity index (χ0v) is 21.0. The van der Waals surface area contributed by atoms with Crippen molar-refractivity contribution in [3.63, 3.8) is 0 Å². The highest BCUT2D eigenvalue weighted by Crippen LogP contribution is 2.35. The van der Waals surface area contributed by atoms with Gasteiger partial charge in [0.1, 0.15) is 11.3 Å². The molecule has 2 aromatic rings. The normalized spacial score (nSPS) is 11.5. The summed E-state index contributed by atoms with van der Waals surface area (Å²) in [7, 11) is 0. The molecule has 5 nitrogen and oxygen atoms in total. The monoisotopic (exact) mass is 458 g/mol. The maximum atomic E-state index is 12.8. The zero-order valence-electron chi connectivity index (χ0n) is 21.0. The summed E-state index contributed by atoms with van der Waals surface area (Å²) < 4.78 is 23.3. The molecule has 0 radical (unpaired) electrons. The van der Waals surface area contributed by atoms with Crippen molar-refractivity contribution < 1.29 is 18.6 Å². The molecule has 33 heavy (non-hydrogen) atoms. The Labute approximate surface area is 199 Å². The highest BCUT2D eigenvalue weighted by Gasteiger charge is 2.18. The van der Waals surface area contributed by atoms with E-state index in [4.69, 9.17) is 18.6 Å². The lowest BCUT2D eigenvalue weighted by Gasteiger charge is -2.15. The predicted molar refractivity (Wildman–Crippen MR) is 136 cm³/mol. The number of allylic oxidation sites excluding steroid dienone is 1. The van der Waals surface area contributed by atoms with Gasteiger partial charge in [-0.1, -0.05) is 70.9 Å². The Morgan fingerprint density at radius 3 is 2.27 bits per heavy atom. The van der Waals surface area contributed by atoms with Crippen molar-refractivity contribution in [3.8, 4) is 17.2 Å². The number of hydrogen-bond donors (Lipinski definition) is 0. The minimum Gasteiger partial charge on any atom is -0.491 e. The summed E-state index contributed by atoms with van der Waals surface area (Å²) in [5.41, 5.74) is -0.0699. The molecule has 0 fully saturated rings. The number of fused-ring (bicyclic) bond motifs is 1. The molecule has 5 heteroatoms. The summed E-state index contributed by atoms with van der Waals surface area (Å²) in [4.78, 5) is 12.8. The summed E-state index contributed by atoms with van der Waals surface area (Å²) in [5, 5.41) is 0.719. The largest absolute Gasteiger partial charge is 0.491 e. The first kappa shape index (κ1) is 26.8. The van der Waals surface area contributed by atoms with Crippen LogP contribution < -0.4 is 19.8 Å². The summed E-state index contributed by atoms with van der Waals surface area (Å²) in [6.45, 7) is 9.20. The van der Waals surface area contributed by atoms with Crippen molar-refractivity contribution in [1.82, 2.24) is 0 Å². The first-order valence-corrected chi connectivity index (χ1v) is 12.7. The molecule has 1 heterocycles. The molecule has 0 saturated carbocycles. The highest BCUT2D eigenvalue weighted by molar-refractivity contribution is 5.86. The van der Waals surface area contributed by atoms with E-state index in [0.29, 0.717) is 30.3 Å². The lowest BCUT2D eigenvalue weighted by atomic mass is 10.1. The molecule has 2 rings (SSSR count). The molecule has 1 aromatic heterocycles. The second kappa shape index (κ2) is 15.4. The lowest BCUT2D eigenvalue weighted by molar-refractivity contribution is 0.242. The van der Waals surface area contributed by atoms with Crippen molar-refractivity contribution in [1.29, 1.82) is 0 Å². The van der Waals surface area contributed by atoms with Crippen LogP contribution in [-0.4, -0.2) is 19.3 Å². The van der Waals surface area contributed by atoms with Crippen molar-refractivity contribution in [3.05, 3.63) is 40.8 Å². The lowest BCUT2D eigenvalue weighted by Crippen LogP contribution is -2.12. The van der Waals surface area contributed by atoms with Crippen LogP contribution in [0.25, 0.3) is 11.0 Å². The van der Waals surface area contributed by atoms with Gasteiger partial charge in [0.15, 0.2) is 5.75 Å². The molecular weight excluding hydrogens is 416 g/mol. The third kappa shape index (κ3) is 9.53. The van der Waals surface area contributed by atoms with Gasteiger partial charge in [-0.3, -0.25) is 0 Å². The molecule has 0 aliphatic rings. The van der Waals surface area contributed by atoms with Crippen molar-refractivity contribution in [2.45, 2.75) is 98.0 Å². The van der Waals surface area contributed by atoms with E-state index in [1.165, 1.54) is 38.5 Å². The van der Waals surface area contributed by atoms with E-state index >= 15 is 0 Å². The molecule has 0 atom stereocenters. The summed E-state index contributed by atoms with van der Waals surface area (Å²) in [5.74, 6) is 1.29. The Kier molecular flexibility index (Phi) is 12.5. The van der Waals surface area contributed by atoms with E-state index in [-0.39, 0.29) is 11.9 Å². The van der Waals surface area contributed by atoms with Crippen LogP contribution in [0.1, 0.15) is 91.9 Å². The van der Waals surface area contributed by atoms with Crippen LogP contribution in [0.2, 0.25) is 0 Å². The molecule has 0 saturated heterocycles. The van der Waals surface area contributed by atoms with Crippen LogP contribution in [0, 0.1) is 0 Å². The van der Waals surface area contributed by atoms with Crippen LogP contribution in [0.3, 0.4) is 0 Å². The number of rotatable bonds is 17. The first-order valence-electron chi connectivity index (χ1n) is 12.7. The van der Waals surface area contributed by atoms with E-state index in [0.717, 1.165) is 31.1 Å². The maximum absolute atomic E-state index is 12.8. The van der Waals surface area contributed by atoms with Gasteiger partial charge < -0.3 is 18.6 Å². The standard InChI is InChI=1S/C28H42O5/c1-5-7-9-11-12-13-14-16-20-31-27-26(30-19-15-10-8-6-2)24-18-17-23(32-22(3)4)21-25(24)33-28(27)29/h8,10,17-18,21-22H,5-7,9,11-16,19-20H2,1-4H3/b10-8+. The topological polar surface area (TPSA) is 57.9 Å². The summed E-state index contributed by atoms with van der Waals surface area (Å²) in [6.07, 6.45) is 15.7. The quantitative estimate of drug-likeness (QED) is 0.137. The molecule has 0 bridgehead atoms. The molecule has 0 spiro atoms. The highest BCUT2D eigenvalue weighted by atomic mass is 16.5. The SMILES string of the molecule is CC/C=C/CCOc1c(OCCCCCCCCCC)c(=O)oc2cc(OC(C)C)ccc12. The number of benzene rings is 1. The first-order chi connectivity index (χ1) is 16.1. The average Bonchev–Trinajstić information content (AvgIpc) is 2.78. The smallest absolute Gasteiger partial charge is 0.383 e. The second-order valence-corrected chi connectivity index (χ2v) is 8.71. The minimum atomic E-state index is -0.511.